The number of likely N-dealkylation sites (tertiary alicyclic amines) is 2. The van der Waals surface area contributed by atoms with Gasteiger partial charge in [-0.3, -0.25) is 14.9 Å². The highest BCUT2D eigenvalue weighted by Crippen LogP contribution is 2.20. The monoisotopic (exact) mass is 434 g/mol. The average Bonchev–Trinajstić information content (AvgIpc) is 3.21. The summed E-state index contributed by atoms with van der Waals surface area (Å²) < 4.78 is 13.4. The second-order valence-electron chi connectivity index (χ2n) is 7.33. The SMILES string of the molecule is N#CNC(=N[C@H]1CCCCN(CC(=O)N2CCCC2)C1=O)Nc1ccc(F)c(Cl)c1. The molecule has 3 rings (SSSR count). The van der Waals surface area contributed by atoms with Crippen molar-refractivity contribution in [2.75, 3.05) is 31.5 Å². The lowest BCUT2D eigenvalue weighted by molar-refractivity contribution is -0.140. The van der Waals surface area contributed by atoms with E-state index >= 15 is 0 Å². The number of carbonyl (C=O) groups excluding carboxylic acids is 2. The van der Waals surface area contributed by atoms with Gasteiger partial charge in [-0.25, -0.2) is 9.38 Å². The van der Waals surface area contributed by atoms with Crippen LogP contribution in [0.25, 0.3) is 0 Å². The Morgan fingerprint density at radius 1 is 1.27 bits per heavy atom. The van der Waals surface area contributed by atoms with E-state index in [-0.39, 0.29) is 29.3 Å². The number of nitrogens with zero attached hydrogens (tertiary/aromatic N) is 4. The molecule has 0 aliphatic carbocycles. The second-order valence-corrected chi connectivity index (χ2v) is 7.73. The van der Waals surface area contributed by atoms with Crippen LogP contribution in [0, 0.1) is 17.3 Å². The summed E-state index contributed by atoms with van der Waals surface area (Å²) in [6.07, 6.45) is 5.84. The number of guanidine groups is 1. The van der Waals surface area contributed by atoms with Gasteiger partial charge in [0.05, 0.1) is 11.6 Å². The maximum absolute atomic E-state index is 13.4. The Morgan fingerprint density at radius 3 is 2.70 bits per heavy atom. The molecule has 30 heavy (non-hydrogen) atoms. The molecule has 160 valence electrons. The number of amides is 2. The summed E-state index contributed by atoms with van der Waals surface area (Å²) in [6, 6.07) is 3.28. The third-order valence-corrected chi connectivity index (χ3v) is 5.47. The molecule has 2 aliphatic rings. The van der Waals surface area contributed by atoms with E-state index in [1.165, 1.54) is 18.2 Å². The van der Waals surface area contributed by atoms with Crippen LogP contribution in [-0.2, 0) is 9.59 Å². The molecule has 0 spiro atoms. The number of nitriles is 1. The number of nitrogens with one attached hydrogen (secondary N) is 2. The van der Waals surface area contributed by atoms with Gasteiger partial charge >= 0.3 is 0 Å². The maximum atomic E-state index is 13.4. The lowest BCUT2D eigenvalue weighted by atomic mass is 10.1. The number of benzene rings is 1. The lowest BCUT2D eigenvalue weighted by Crippen LogP contribution is -2.45. The van der Waals surface area contributed by atoms with Crippen LogP contribution in [0.4, 0.5) is 10.1 Å². The Labute approximate surface area is 179 Å². The van der Waals surface area contributed by atoms with Gasteiger partial charge in [0.2, 0.25) is 17.8 Å². The third kappa shape index (κ3) is 5.60. The molecule has 1 aromatic carbocycles. The lowest BCUT2D eigenvalue weighted by Gasteiger charge is -2.25. The van der Waals surface area contributed by atoms with E-state index in [4.69, 9.17) is 16.9 Å². The molecule has 2 fully saturated rings. The zero-order chi connectivity index (χ0) is 21.5. The van der Waals surface area contributed by atoms with Crippen molar-refractivity contribution in [3.8, 4) is 6.19 Å². The van der Waals surface area contributed by atoms with Gasteiger partial charge in [0.25, 0.3) is 0 Å². The van der Waals surface area contributed by atoms with E-state index in [9.17, 15) is 14.0 Å². The molecule has 0 unspecified atom stereocenters. The summed E-state index contributed by atoms with van der Waals surface area (Å²) in [6.45, 7) is 2.03. The highest BCUT2D eigenvalue weighted by molar-refractivity contribution is 6.31. The largest absolute Gasteiger partial charge is 0.341 e. The van der Waals surface area contributed by atoms with E-state index in [1.54, 1.807) is 16.0 Å². The number of hydrogen-bond donors (Lipinski definition) is 2. The Morgan fingerprint density at radius 2 is 2.00 bits per heavy atom. The van der Waals surface area contributed by atoms with Crippen molar-refractivity contribution in [1.29, 1.82) is 5.26 Å². The summed E-state index contributed by atoms with van der Waals surface area (Å²) in [5, 5.41) is 14.2. The molecule has 2 aliphatic heterocycles. The van der Waals surface area contributed by atoms with Crippen molar-refractivity contribution in [3.63, 3.8) is 0 Å². The van der Waals surface area contributed by atoms with Crippen LogP contribution in [0.3, 0.4) is 0 Å². The molecule has 0 aromatic heterocycles. The topological polar surface area (TPSA) is 101 Å². The van der Waals surface area contributed by atoms with Gasteiger partial charge in [0.1, 0.15) is 11.9 Å². The number of aliphatic imine (C=N–C) groups is 1. The molecular weight excluding hydrogens is 411 g/mol. The summed E-state index contributed by atoms with van der Waals surface area (Å²) in [5.74, 6) is -0.784. The number of hydrogen-bond acceptors (Lipinski definition) is 4. The van der Waals surface area contributed by atoms with Crippen LogP contribution in [0.15, 0.2) is 23.2 Å². The third-order valence-electron chi connectivity index (χ3n) is 5.18. The minimum atomic E-state index is -0.724. The van der Waals surface area contributed by atoms with Crippen LogP contribution in [0.1, 0.15) is 32.1 Å². The van der Waals surface area contributed by atoms with Crippen molar-refractivity contribution in [1.82, 2.24) is 15.1 Å². The number of anilines is 1. The summed E-state index contributed by atoms with van der Waals surface area (Å²) in [5.41, 5.74) is 0.421. The van der Waals surface area contributed by atoms with Crippen molar-refractivity contribution in [2.45, 2.75) is 38.1 Å². The van der Waals surface area contributed by atoms with Crippen molar-refractivity contribution in [2.24, 2.45) is 4.99 Å². The Balaban J connectivity index is 1.73. The summed E-state index contributed by atoms with van der Waals surface area (Å²) in [4.78, 5) is 33.2. The summed E-state index contributed by atoms with van der Waals surface area (Å²) >= 11 is 5.80. The predicted octanol–water partition coefficient (Wildman–Crippen LogP) is 2.32. The van der Waals surface area contributed by atoms with Crippen molar-refractivity contribution >= 4 is 35.1 Å². The molecule has 2 saturated heterocycles. The first kappa shape index (κ1) is 21.8. The highest BCUT2D eigenvalue weighted by atomic mass is 35.5. The van der Waals surface area contributed by atoms with Gasteiger partial charge in [-0.05, 0) is 50.3 Å². The molecule has 0 radical (unpaired) electrons. The van der Waals surface area contributed by atoms with Crippen LogP contribution < -0.4 is 10.6 Å². The second kappa shape index (κ2) is 10.3. The maximum Gasteiger partial charge on any atom is 0.247 e. The molecule has 2 N–H and O–H groups in total. The normalized spacial score (nSPS) is 20.0. The molecule has 2 heterocycles. The highest BCUT2D eigenvalue weighted by Gasteiger charge is 2.30. The van der Waals surface area contributed by atoms with Gasteiger partial charge in [0.15, 0.2) is 6.19 Å². The fraction of sp³-hybridized carbons (Fsp3) is 0.500. The average molecular weight is 435 g/mol. The molecule has 10 heteroatoms. The molecule has 1 atom stereocenters. The zero-order valence-electron chi connectivity index (χ0n) is 16.5. The van der Waals surface area contributed by atoms with Gasteiger partial charge in [-0.1, -0.05) is 11.6 Å². The molecule has 8 nitrogen and oxygen atoms in total. The van der Waals surface area contributed by atoms with Gasteiger partial charge in [-0.15, -0.1) is 0 Å². The van der Waals surface area contributed by atoms with Crippen molar-refractivity contribution in [3.05, 3.63) is 29.0 Å². The minimum absolute atomic E-state index is 0.0417. The van der Waals surface area contributed by atoms with E-state index < -0.39 is 11.9 Å². The number of halogens is 2. The Kier molecular flexibility index (Phi) is 7.46. The standard InChI is InChI=1S/C20H24ClFN6O2/c21-15-11-14(6-7-16(15)22)25-20(24-13-23)26-17-5-1-2-10-28(19(17)30)12-18(29)27-8-3-4-9-27/h6-7,11,17H,1-5,8-10,12H2,(H2,24,25,26)/t17-/m0/s1. The zero-order valence-corrected chi connectivity index (χ0v) is 17.3. The van der Waals surface area contributed by atoms with Crippen LogP contribution in [0.5, 0.6) is 0 Å². The summed E-state index contributed by atoms with van der Waals surface area (Å²) in [7, 11) is 0. The molecular formula is C20H24ClFN6O2. The molecule has 0 saturated carbocycles. The van der Waals surface area contributed by atoms with E-state index in [0.29, 0.717) is 18.7 Å². The Bertz CT molecular complexity index is 865. The van der Waals surface area contributed by atoms with Crippen LogP contribution in [-0.4, -0.2) is 59.8 Å². The number of carbonyl (C=O) groups is 2. The smallest absolute Gasteiger partial charge is 0.247 e. The molecule has 1 aromatic rings. The van der Waals surface area contributed by atoms with E-state index in [2.05, 4.69) is 15.6 Å². The quantitative estimate of drug-likeness (QED) is 0.328. The van der Waals surface area contributed by atoms with Crippen LogP contribution >= 0.6 is 11.6 Å². The molecule has 2 amide bonds. The number of rotatable bonds is 4. The first-order chi connectivity index (χ1) is 14.5. The van der Waals surface area contributed by atoms with Gasteiger partial charge in [-0.2, -0.15) is 5.26 Å². The fourth-order valence-corrected chi connectivity index (χ4v) is 3.79. The molecule has 0 bridgehead atoms. The predicted molar refractivity (Wildman–Crippen MR) is 111 cm³/mol. The van der Waals surface area contributed by atoms with E-state index in [1.807, 2.05) is 0 Å². The first-order valence-electron chi connectivity index (χ1n) is 9.99. The van der Waals surface area contributed by atoms with Crippen LogP contribution in [0.2, 0.25) is 5.02 Å². The van der Waals surface area contributed by atoms with Gasteiger partial charge in [0, 0.05) is 25.3 Å². The Hall–Kier alpha value is -2.86. The first-order valence-corrected chi connectivity index (χ1v) is 10.4. The van der Waals surface area contributed by atoms with E-state index in [0.717, 1.165) is 38.8 Å². The fourth-order valence-electron chi connectivity index (χ4n) is 3.61. The van der Waals surface area contributed by atoms with Crippen molar-refractivity contribution < 1.29 is 14.0 Å². The minimum Gasteiger partial charge on any atom is -0.341 e. The van der Waals surface area contributed by atoms with Gasteiger partial charge < -0.3 is 15.1 Å².